The van der Waals surface area contributed by atoms with E-state index >= 15 is 0 Å². The lowest BCUT2D eigenvalue weighted by Crippen LogP contribution is -2.48. The van der Waals surface area contributed by atoms with Crippen molar-refractivity contribution in [1.29, 1.82) is 0 Å². The van der Waals surface area contributed by atoms with Crippen LogP contribution in [0.1, 0.15) is 41.0 Å². The number of hydrogen-bond donors (Lipinski definition) is 0. The monoisotopic (exact) mass is 399 g/mol. The molecule has 0 saturated carbocycles. The summed E-state index contributed by atoms with van der Waals surface area (Å²) in [5.41, 5.74) is 0.590. The molecule has 0 aliphatic carbocycles. The quantitative estimate of drug-likeness (QED) is 0.386. The van der Waals surface area contributed by atoms with Crippen LogP contribution in [0.2, 0.25) is 0 Å². The molecule has 2 amide bonds. The number of carbonyl (C=O) groups is 3. The fourth-order valence-corrected chi connectivity index (χ4v) is 3.17. The maximum Gasteiger partial charge on any atom is 0.329 e. The summed E-state index contributed by atoms with van der Waals surface area (Å²) in [6, 6.07) is 11.1. The zero-order valence-corrected chi connectivity index (χ0v) is 16.3. The van der Waals surface area contributed by atoms with Crippen molar-refractivity contribution in [2.45, 2.75) is 26.3 Å². The summed E-state index contributed by atoms with van der Waals surface area (Å²) >= 11 is 0. The van der Waals surface area contributed by atoms with E-state index in [0.29, 0.717) is 23.3 Å². The summed E-state index contributed by atoms with van der Waals surface area (Å²) in [7, 11) is 0. The van der Waals surface area contributed by atoms with Crippen molar-refractivity contribution >= 4 is 17.8 Å². The highest BCUT2D eigenvalue weighted by atomic mass is 19.1. The van der Waals surface area contributed by atoms with Gasteiger partial charge in [0.15, 0.2) is 0 Å². The Morgan fingerprint density at radius 3 is 2.10 bits per heavy atom. The van der Waals surface area contributed by atoms with E-state index in [-0.39, 0.29) is 24.9 Å². The first-order valence-electron chi connectivity index (χ1n) is 9.42. The third-order valence-corrected chi connectivity index (χ3v) is 4.59. The maximum absolute atomic E-state index is 12.9. The Bertz CT molecular complexity index is 875. The van der Waals surface area contributed by atoms with Gasteiger partial charge in [0.2, 0.25) is 0 Å². The zero-order valence-electron chi connectivity index (χ0n) is 16.3. The Labute approximate surface area is 168 Å². The van der Waals surface area contributed by atoms with E-state index in [1.54, 1.807) is 38.1 Å². The van der Waals surface area contributed by atoms with Crippen molar-refractivity contribution in [2.24, 2.45) is 5.92 Å². The number of hydrogen-bond acceptors (Lipinski definition) is 5. The molecule has 1 aliphatic heterocycles. The van der Waals surface area contributed by atoms with Crippen LogP contribution in [0.15, 0.2) is 48.5 Å². The van der Waals surface area contributed by atoms with E-state index in [1.165, 1.54) is 24.3 Å². The van der Waals surface area contributed by atoms with Gasteiger partial charge < -0.3 is 9.47 Å². The summed E-state index contributed by atoms with van der Waals surface area (Å²) in [6.07, 6.45) is 0.413. The van der Waals surface area contributed by atoms with Crippen LogP contribution in [-0.2, 0) is 9.53 Å². The molecular weight excluding hydrogens is 377 g/mol. The number of fused-ring (bicyclic) bond motifs is 1. The van der Waals surface area contributed by atoms with Crippen molar-refractivity contribution in [2.75, 3.05) is 13.2 Å². The van der Waals surface area contributed by atoms with Crippen LogP contribution in [0.5, 0.6) is 5.75 Å². The lowest BCUT2D eigenvalue weighted by Gasteiger charge is -2.27. The second-order valence-corrected chi connectivity index (χ2v) is 7.04. The predicted octanol–water partition coefficient (Wildman–Crippen LogP) is 3.46. The molecule has 1 aliphatic rings. The Morgan fingerprint density at radius 1 is 0.966 bits per heavy atom. The van der Waals surface area contributed by atoms with Gasteiger partial charge in [-0.2, -0.15) is 0 Å². The summed E-state index contributed by atoms with van der Waals surface area (Å²) in [5.74, 6) is -1.73. The summed E-state index contributed by atoms with van der Waals surface area (Å²) in [4.78, 5) is 39.0. The molecule has 2 aromatic carbocycles. The number of ether oxygens (including phenoxy) is 2. The normalized spacial score (nSPS) is 14.1. The van der Waals surface area contributed by atoms with E-state index in [4.69, 9.17) is 9.47 Å². The molecule has 29 heavy (non-hydrogen) atoms. The van der Waals surface area contributed by atoms with Crippen molar-refractivity contribution in [3.63, 3.8) is 0 Å². The Hall–Kier alpha value is -3.22. The Balaban J connectivity index is 1.56. The lowest BCUT2D eigenvalue weighted by molar-refractivity contribution is -0.150. The molecule has 1 heterocycles. The molecule has 0 bridgehead atoms. The number of amides is 2. The number of benzene rings is 2. The maximum atomic E-state index is 12.9. The Kier molecular flexibility index (Phi) is 6.26. The van der Waals surface area contributed by atoms with Crippen molar-refractivity contribution in [3.05, 3.63) is 65.5 Å². The van der Waals surface area contributed by atoms with Crippen LogP contribution in [-0.4, -0.2) is 41.9 Å². The molecule has 6 nitrogen and oxygen atoms in total. The number of halogens is 1. The molecule has 152 valence electrons. The molecule has 2 aromatic rings. The number of nitrogens with zero attached hydrogens (tertiary/aromatic N) is 1. The van der Waals surface area contributed by atoms with Gasteiger partial charge in [-0.05, 0) is 42.3 Å². The first-order chi connectivity index (χ1) is 13.9. The van der Waals surface area contributed by atoms with Crippen molar-refractivity contribution in [1.82, 2.24) is 4.90 Å². The van der Waals surface area contributed by atoms with Crippen LogP contribution < -0.4 is 4.74 Å². The average Bonchev–Trinajstić information content (AvgIpc) is 2.95. The molecular formula is C22H22FNO5. The van der Waals surface area contributed by atoms with Gasteiger partial charge in [-0.1, -0.05) is 26.0 Å². The second kappa shape index (κ2) is 8.86. The average molecular weight is 399 g/mol. The van der Waals surface area contributed by atoms with Gasteiger partial charge in [-0.3, -0.25) is 14.5 Å². The number of carbonyl (C=O) groups excluding carboxylic acids is 3. The zero-order chi connectivity index (χ0) is 21.0. The van der Waals surface area contributed by atoms with E-state index in [1.807, 2.05) is 0 Å². The van der Waals surface area contributed by atoms with Crippen LogP contribution in [0.3, 0.4) is 0 Å². The van der Waals surface area contributed by atoms with E-state index in [2.05, 4.69) is 0 Å². The van der Waals surface area contributed by atoms with Crippen LogP contribution >= 0.6 is 0 Å². The smallest absolute Gasteiger partial charge is 0.329 e. The molecule has 0 spiro atoms. The van der Waals surface area contributed by atoms with Gasteiger partial charge in [0, 0.05) is 6.42 Å². The van der Waals surface area contributed by atoms with Crippen molar-refractivity contribution in [3.8, 4) is 5.75 Å². The predicted molar refractivity (Wildman–Crippen MR) is 103 cm³/mol. The van der Waals surface area contributed by atoms with Gasteiger partial charge >= 0.3 is 5.97 Å². The summed E-state index contributed by atoms with van der Waals surface area (Å²) < 4.78 is 23.6. The van der Waals surface area contributed by atoms with Gasteiger partial charge in [0.1, 0.15) is 17.6 Å². The van der Waals surface area contributed by atoms with Crippen molar-refractivity contribution < 1.29 is 28.2 Å². The highest BCUT2D eigenvalue weighted by Gasteiger charge is 2.44. The van der Waals surface area contributed by atoms with Gasteiger partial charge in [0.25, 0.3) is 11.8 Å². The molecule has 1 atom stereocenters. The minimum atomic E-state index is -1.000. The van der Waals surface area contributed by atoms with Gasteiger partial charge in [-0.25, -0.2) is 9.18 Å². The number of esters is 1. The molecule has 0 unspecified atom stereocenters. The van der Waals surface area contributed by atoms with Gasteiger partial charge in [-0.15, -0.1) is 0 Å². The highest BCUT2D eigenvalue weighted by Crippen LogP contribution is 2.27. The molecule has 0 radical (unpaired) electrons. The highest BCUT2D eigenvalue weighted by molar-refractivity contribution is 6.22. The topological polar surface area (TPSA) is 72.9 Å². The molecule has 0 N–H and O–H groups in total. The van der Waals surface area contributed by atoms with E-state index in [0.717, 1.165) is 4.90 Å². The Morgan fingerprint density at radius 2 is 1.55 bits per heavy atom. The first-order valence-corrected chi connectivity index (χ1v) is 9.42. The second-order valence-electron chi connectivity index (χ2n) is 7.04. The molecule has 0 aromatic heterocycles. The standard InChI is InChI=1S/C22H22FNO5/c1-14(2)19(24-20(25)17-6-3-4-7-18(17)21(24)26)22(27)29-13-5-12-28-16-10-8-15(23)9-11-16/h3-4,6-11,14,19H,5,12-13H2,1-2H3/t19-/m1/s1. The van der Waals surface area contributed by atoms with Crippen LogP contribution in [0, 0.1) is 11.7 Å². The summed E-state index contributed by atoms with van der Waals surface area (Å²) in [5, 5.41) is 0. The largest absolute Gasteiger partial charge is 0.493 e. The van der Waals surface area contributed by atoms with Crippen LogP contribution in [0.4, 0.5) is 4.39 Å². The fraction of sp³-hybridized carbons (Fsp3) is 0.318. The number of imide groups is 1. The third kappa shape index (κ3) is 4.45. The van der Waals surface area contributed by atoms with E-state index < -0.39 is 23.8 Å². The molecule has 0 fully saturated rings. The minimum absolute atomic E-state index is 0.0758. The van der Waals surface area contributed by atoms with Gasteiger partial charge in [0.05, 0.1) is 24.3 Å². The summed E-state index contributed by atoms with van der Waals surface area (Å²) in [6.45, 7) is 3.87. The first kappa shape index (κ1) is 20.5. The lowest BCUT2D eigenvalue weighted by atomic mass is 10.0. The molecule has 3 rings (SSSR count). The molecule has 7 heteroatoms. The number of rotatable bonds is 8. The van der Waals surface area contributed by atoms with Crippen LogP contribution in [0.25, 0.3) is 0 Å². The van der Waals surface area contributed by atoms with E-state index in [9.17, 15) is 18.8 Å². The third-order valence-electron chi connectivity index (χ3n) is 4.59. The molecule has 0 saturated heterocycles. The fourth-order valence-electron chi connectivity index (χ4n) is 3.17. The minimum Gasteiger partial charge on any atom is -0.493 e. The SMILES string of the molecule is CC(C)[C@H](C(=O)OCCCOc1ccc(F)cc1)N1C(=O)c2ccccc2C1=O.